The van der Waals surface area contributed by atoms with Gasteiger partial charge in [-0.25, -0.2) is 4.79 Å². The molecule has 0 spiro atoms. The molecule has 2 fully saturated rings. The smallest absolute Gasteiger partial charge is 0.324 e. The molecule has 0 aromatic heterocycles. The zero-order valence-corrected chi connectivity index (χ0v) is 11.8. The van der Waals surface area contributed by atoms with Crippen LogP contribution in [0, 0.1) is 0 Å². The molecule has 0 unspecified atom stereocenters. The molecule has 2 aliphatic rings. The van der Waals surface area contributed by atoms with Crippen molar-refractivity contribution in [2.45, 2.75) is 63.5 Å². The lowest BCUT2D eigenvalue weighted by molar-refractivity contribution is -0.131. The topological polar surface area (TPSA) is 78.5 Å². The van der Waals surface area contributed by atoms with Gasteiger partial charge in [-0.2, -0.15) is 0 Å². The number of nitrogens with one attached hydrogen (secondary N) is 2. The molecule has 20 heavy (non-hydrogen) atoms. The predicted molar refractivity (Wildman–Crippen MR) is 74.0 cm³/mol. The van der Waals surface area contributed by atoms with Gasteiger partial charge in [-0.05, 0) is 32.1 Å². The summed E-state index contributed by atoms with van der Waals surface area (Å²) in [6, 6.07) is -0.682. The Morgan fingerprint density at radius 1 is 1.10 bits per heavy atom. The van der Waals surface area contributed by atoms with Crippen LogP contribution >= 0.6 is 0 Å². The summed E-state index contributed by atoms with van der Waals surface area (Å²) >= 11 is 0. The number of hydrogen-bond donors (Lipinski definition) is 2. The molecule has 1 saturated heterocycles. The third-order valence-corrected chi connectivity index (χ3v) is 4.14. The number of rotatable bonds is 3. The Balaban J connectivity index is 1.95. The average Bonchev–Trinajstić information content (AvgIpc) is 2.63. The molecule has 112 valence electrons. The maximum Gasteiger partial charge on any atom is 0.324 e. The van der Waals surface area contributed by atoms with Crippen molar-refractivity contribution in [2.24, 2.45) is 0 Å². The molecule has 1 aliphatic heterocycles. The van der Waals surface area contributed by atoms with Crippen molar-refractivity contribution in [1.29, 1.82) is 0 Å². The molecule has 0 aromatic rings. The van der Waals surface area contributed by atoms with Gasteiger partial charge in [0.2, 0.25) is 6.41 Å². The van der Waals surface area contributed by atoms with Crippen molar-refractivity contribution in [2.75, 3.05) is 6.54 Å². The predicted octanol–water partition coefficient (Wildman–Crippen LogP) is 1.16. The molecular formula is C14H23N3O3. The van der Waals surface area contributed by atoms with Crippen LogP contribution < -0.4 is 10.6 Å². The van der Waals surface area contributed by atoms with Gasteiger partial charge >= 0.3 is 6.03 Å². The Morgan fingerprint density at radius 3 is 2.50 bits per heavy atom. The Kier molecular flexibility index (Phi) is 5.38. The zero-order valence-electron chi connectivity index (χ0n) is 11.8. The van der Waals surface area contributed by atoms with E-state index in [1.165, 1.54) is 11.3 Å². The fourth-order valence-corrected chi connectivity index (χ4v) is 2.98. The Labute approximate surface area is 119 Å². The second-order valence-corrected chi connectivity index (χ2v) is 5.61. The van der Waals surface area contributed by atoms with Gasteiger partial charge in [0.1, 0.15) is 6.04 Å². The number of urea groups is 1. The third-order valence-electron chi connectivity index (χ3n) is 4.14. The molecule has 2 rings (SSSR count). The SMILES string of the molecule is O=CN[C@H]1CCCCN(C(=O)NC2CCCCC2)C1=O. The maximum atomic E-state index is 12.3. The lowest BCUT2D eigenvalue weighted by Gasteiger charge is -2.27. The first-order valence-electron chi connectivity index (χ1n) is 7.54. The molecule has 6 nitrogen and oxygen atoms in total. The number of carbonyl (C=O) groups is 3. The monoisotopic (exact) mass is 281 g/mol. The van der Waals surface area contributed by atoms with Gasteiger partial charge in [0, 0.05) is 12.6 Å². The van der Waals surface area contributed by atoms with Gasteiger partial charge < -0.3 is 10.6 Å². The van der Waals surface area contributed by atoms with Crippen molar-refractivity contribution < 1.29 is 14.4 Å². The average molecular weight is 281 g/mol. The normalized spacial score (nSPS) is 24.9. The lowest BCUT2D eigenvalue weighted by Crippen LogP contribution is -2.52. The fourth-order valence-electron chi connectivity index (χ4n) is 2.98. The number of hydrogen-bond acceptors (Lipinski definition) is 3. The van der Waals surface area contributed by atoms with E-state index in [4.69, 9.17) is 0 Å². The van der Waals surface area contributed by atoms with Gasteiger partial charge in [0.05, 0.1) is 0 Å². The highest BCUT2D eigenvalue weighted by Crippen LogP contribution is 2.18. The molecule has 0 bridgehead atoms. The second-order valence-electron chi connectivity index (χ2n) is 5.61. The standard InChI is InChI=1S/C14H23N3O3/c18-10-15-12-8-4-5-9-17(13(12)19)14(20)16-11-6-2-1-3-7-11/h10-12H,1-9H2,(H,15,18)(H,16,20)/t12-/m0/s1. The van der Waals surface area contributed by atoms with Gasteiger partial charge in [-0.1, -0.05) is 19.3 Å². The van der Waals surface area contributed by atoms with Gasteiger partial charge in [-0.15, -0.1) is 0 Å². The molecule has 6 heteroatoms. The Bertz CT molecular complexity index is 367. The minimum atomic E-state index is -0.563. The number of nitrogens with zero attached hydrogens (tertiary/aromatic N) is 1. The maximum absolute atomic E-state index is 12.3. The molecule has 0 radical (unpaired) electrons. The first-order chi connectivity index (χ1) is 9.72. The summed E-state index contributed by atoms with van der Waals surface area (Å²) in [5.41, 5.74) is 0. The first kappa shape index (κ1) is 14.8. The Morgan fingerprint density at radius 2 is 1.80 bits per heavy atom. The fraction of sp³-hybridized carbons (Fsp3) is 0.786. The summed E-state index contributed by atoms with van der Waals surface area (Å²) < 4.78 is 0. The minimum absolute atomic E-state index is 0.185. The molecule has 1 saturated carbocycles. The quantitative estimate of drug-likeness (QED) is 0.762. The number of likely N-dealkylation sites (tertiary alicyclic amines) is 1. The van der Waals surface area contributed by atoms with Crippen molar-refractivity contribution >= 4 is 18.3 Å². The van der Waals surface area contributed by atoms with Crippen molar-refractivity contribution in [3.05, 3.63) is 0 Å². The van der Waals surface area contributed by atoms with E-state index in [9.17, 15) is 14.4 Å². The Hall–Kier alpha value is -1.59. The number of imide groups is 1. The molecule has 1 heterocycles. The van der Waals surface area contributed by atoms with Crippen LogP contribution in [-0.2, 0) is 9.59 Å². The summed E-state index contributed by atoms with van der Waals surface area (Å²) in [6.07, 6.45) is 8.23. The van der Waals surface area contributed by atoms with E-state index >= 15 is 0 Å². The van der Waals surface area contributed by atoms with Crippen molar-refractivity contribution in [3.8, 4) is 0 Å². The van der Waals surface area contributed by atoms with E-state index in [0.29, 0.717) is 19.4 Å². The van der Waals surface area contributed by atoms with Gasteiger partial charge in [0.15, 0.2) is 0 Å². The van der Waals surface area contributed by atoms with E-state index in [1.54, 1.807) is 0 Å². The molecule has 4 amide bonds. The van der Waals surface area contributed by atoms with Gasteiger partial charge in [0.25, 0.3) is 5.91 Å². The summed E-state index contributed by atoms with van der Waals surface area (Å²) in [5, 5.41) is 5.47. The van der Waals surface area contributed by atoms with E-state index < -0.39 is 6.04 Å². The van der Waals surface area contributed by atoms with Crippen LogP contribution in [0.3, 0.4) is 0 Å². The largest absolute Gasteiger partial charge is 0.347 e. The van der Waals surface area contributed by atoms with E-state index in [-0.39, 0.29) is 18.0 Å². The van der Waals surface area contributed by atoms with E-state index in [1.807, 2.05) is 0 Å². The van der Waals surface area contributed by atoms with Crippen LogP contribution in [0.15, 0.2) is 0 Å². The van der Waals surface area contributed by atoms with E-state index in [0.717, 1.165) is 38.5 Å². The van der Waals surface area contributed by atoms with Crippen molar-refractivity contribution in [3.63, 3.8) is 0 Å². The summed E-state index contributed by atoms with van der Waals surface area (Å²) in [5.74, 6) is -0.289. The van der Waals surface area contributed by atoms with Gasteiger partial charge in [-0.3, -0.25) is 14.5 Å². The lowest BCUT2D eigenvalue weighted by atomic mass is 9.96. The van der Waals surface area contributed by atoms with Crippen LogP contribution in [0.25, 0.3) is 0 Å². The summed E-state index contributed by atoms with van der Waals surface area (Å²) in [4.78, 5) is 36.3. The summed E-state index contributed by atoms with van der Waals surface area (Å²) in [6.45, 7) is 0.439. The molecule has 1 atom stereocenters. The number of amides is 4. The minimum Gasteiger partial charge on any atom is -0.347 e. The highest BCUT2D eigenvalue weighted by molar-refractivity contribution is 5.98. The van der Waals surface area contributed by atoms with Crippen molar-refractivity contribution in [1.82, 2.24) is 15.5 Å². The third kappa shape index (κ3) is 3.71. The second kappa shape index (κ2) is 7.26. The highest BCUT2D eigenvalue weighted by atomic mass is 16.2. The van der Waals surface area contributed by atoms with Crippen LogP contribution in [0.2, 0.25) is 0 Å². The highest BCUT2D eigenvalue weighted by Gasteiger charge is 2.31. The van der Waals surface area contributed by atoms with E-state index in [2.05, 4.69) is 10.6 Å². The summed E-state index contributed by atoms with van der Waals surface area (Å²) in [7, 11) is 0. The van der Waals surface area contributed by atoms with Crippen LogP contribution in [0.1, 0.15) is 51.4 Å². The molecule has 2 N–H and O–H groups in total. The zero-order chi connectivity index (χ0) is 14.4. The number of carbonyl (C=O) groups excluding carboxylic acids is 3. The molecule has 0 aromatic carbocycles. The molecular weight excluding hydrogens is 258 g/mol. The van der Waals surface area contributed by atoms with Crippen LogP contribution in [0.5, 0.6) is 0 Å². The van der Waals surface area contributed by atoms with Crippen LogP contribution in [0.4, 0.5) is 4.79 Å². The first-order valence-corrected chi connectivity index (χ1v) is 7.54. The van der Waals surface area contributed by atoms with Crippen LogP contribution in [-0.4, -0.2) is 41.9 Å². The molecule has 1 aliphatic carbocycles.